The van der Waals surface area contributed by atoms with Gasteiger partial charge >= 0.3 is 6.09 Å². The molecule has 7 heteroatoms. The van der Waals surface area contributed by atoms with Crippen molar-refractivity contribution in [3.8, 4) is 11.3 Å². The number of hydrogen-bond acceptors (Lipinski definition) is 4. The first-order chi connectivity index (χ1) is 14.7. The fourth-order valence-corrected chi connectivity index (χ4v) is 4.52. The van der Waals surface area contributed by atoms with Crippen LogP contribution in [0.2, 0.25) is 0 Å². The zero-order valence-corrected chi connectivity index (χ0v) is 18.1. The molecule has 0 aliphatic carbocycles. The molecule has 2 saturated heterocycles. The molecule has 6 nitrogen and oxygen atoms in total. The quantitative estimate of drug-likeness (QED) is 0.783. The van der Waals surface area contributed by atoms with Crippen LogP contribution in [0.5, 0.6) is 0 Å². The Morgan fingerprint density at radius 3 is 2.42 bits per heavy atom. The van der Waals surface area contributed by atoms with Gasteiger partial charge < -0.3 is 15.0 Å². The summed E-state index contributed by atoms with van der Waals surface area (Å²) in [4.78, 5) is 31.5. The van der Waals surface area contributed by atoms with E-state index < -0.39 is 5.60 Å². The van der Waals surface area contributed by atoms with Crippen molar-refractivity contribution in [3.63, 3.8) is 0 Å². The third-order valence-electron chi connectivity index (χ3n) is 5.82. The molecule has 1 N–H and O–H groups in total. The van der Waals surface area contributed by atoms with E-state index in [-0.39, 0.29) is 35.9 Å². The maximum atomic E-state index is 13.4. The Morgan fingerprint density at radius 2 is 1.84 bits per heavy atom. The Labute approximate surface area is 181 Å². The minimum Gasteiger partial charge on any atom is -0.444 e. The fourth-order valence-electron chi connectivity index (χ4n) is 4.52. The first kappa shape index (κ1) is 21.3. The first-order valence-electron chi connectivity index (χ1n) is 10.7. The molecule has 2 bridgehead atoms. The predicted molar refractivity (Wildman–Crippen MR) is 115 cm³/mol. The summed E-state index contributed by atoms with van der Waals surface area (Å²) in [5, 5.41) is 3.09. The Morgan fingerprint density at radius 1 is 1.13 bits per heavy atom. The zero-order valence-electron chi connectivity index (χ0n) is 18.1. The second kappa shape index (κ2) is 8.29. The van der Waals surface area contributed by atoms with Crippen LogP contribution >= 0.6 is 0 Å². The molecule has 1 aromatic carbocycles. The fraction of sp³-hybridized carbons (Fsp3) is 0.458. The van der Waals surface area contributed by atoms with Gasteiger partial charge in [-0.25, -0.2) is 9.18 Å². The van der Waals surface area contributed by atoms with Crippen molar-refractivity contribution < 1.29 is 18.7 Å². The van der Waals surface area contributed by atoms with Gasteiger partial charge in [0.1, 0.15) is 11.4 Å². The molecule has 2 fully saturated rings. The van der Waals surface area contributed by atoms with Gasteiger partial charge in [-0.05, 0) is 70.7 Å². The second-order valence-corrected chi connectivity index (χ2v) is 9.36. The van der Waals surface area contributed by atoms with E-state index in [1.807, 2.05) is 25.7 Å². The third-order valence-corrected chi connectivity index (χ3v) is 5.82. The van der Waals surface area contributed by atoms with Crippen LogP contribution in [0.1, 0.15) is 56.8 Å². The number of nitrogens with one attached hydrogen (secondary N) is 1. The lowest BCUT2D eigenvalue weighted by Crippen LogP contribution is -2.53. The van der Waals surface area contributed by atoms with E-state index in [9.17, 15) is 14.0 Å². The minimum absolute atomic E-state index is 0.00609. The number of fused-ring (bicyclic) bond motifs is 2. The van der Waals surface area contributed by atoms with Gasteiger partial charge in [0.25, 0.3) is 5.91 Å². The lowest BCUT2D eigenvalue weighted by atomic mass is 9.97. The van der Waals surface area contributed by atoms with E-state index >= 15 is 0 Å². The van der Waals surface area contributed by atoms with Gasteiger partial charge in [0.2, 0.25) is 0 Å². The molecule has 1 aromatic heterocycles. The summed E-state index contributed by atoms with van der Waals surface area (Å²) in [6.07, 6.45) is 4.55. The Kier molecular flexibility index (Phi) is 5.69. The molecule has 3 heterocycles. The highest BCUT2D eigenvalue weighted by Gasteiger charge is 2.45. The molecule has 2 aliphatic rings. The Bertz CT molecular complexity index is 957. The average Bonchev–Trinajstić information content (AvgIpc) is 2.98. The number of benzene rings is 1. The number of rotatable bonds is 3. The number of halogens is 1. The second-order valence-electron chi connectivity index (χ2n) is 9.36. The van der Waals surface area contributed by atoms with Crippen LogP contribution in [0.25, 0.3) is 11.3 Å². The van der Waals surface area contributed by atoms with Gasteiger partial charge in [-0.3, -0.25) is 9.78 Å². The van der Waals surface area contributed by atoms with Crippen LogP contribution in [0.15, 0.2) is 42.6 Å². The number of piperidine rings is 1. The monoisotopic (exact) mass is 425 g/mol. The van der Waals surface area contributed by atoms with Gasteiger partial charge in [0.15, 0.2) is 0 Å². The van der Waals surface area contributed by atoms with Crippen molar-refractivity contribution in [2.24, 2.45) is 0 Å². The van der Waals surface area contributed by atoms with Crippen LogP contribution < -0.4 is 5.32 Å². The van der Waals surface area contributed by atoms with E-state index in [4.69, 9.17) is 4.74 Å². The van der Waals surface area contributed by atoms with Crippen LogP contribution in [0.3, 0.4) is 0 Å². The summed E-state index contributed by atoms with van der Waals surface area (Å²) in [6, 6.07) is 9.81. The van der Waals surface area contributed by atoms with Gasteiger partial charge in [0, 0.05) is 29.9 Å². The Hall–Kier alpha value is -2.96. The molecule has 0 radical (unpaired) electrons. The molecule has 2 amide bonds. The maximum absolute atomic E-state index is 13.4. The van der Waals surface area contributed by atoms with E-state index in [1.165, 1.54) is 18.3 Å². The number of ether oxygens (including phenoxy) is 1. The van der Waals surface area contributed by atoms with Crippen molar-refractivity contribution in [2.75, 3.05) is 0 Å². The zero-order chi connectivity index (χ0) is 22.2. The van der Waals surface area contributed by atoms with Crippen molar-refractivity contribution in [2.45, 2.75) is 70.2 Å². The number of pyridine rings is 1. The molecule has 164 valence electrons. The summed E-state index contributed by atoms with van der Waals surface area (Å²) in [5.41, 5.74) is 1.21. The summed E-state index contributed by atoms with van der Waals surface area (Å²) < 4.78 is 19.0. The van der Waals surface area contributed by atoms with Gasteiger partial charge in [-0.1, -0.05) is 12.1 Å². The number of amides is 2. The highest BCUT2D eigenvalue weighted by molar-refractivity contribution is 5.94. The van der Waals surface area contributed by atoms with Gasteiger partial charge in [0.05, 0.1) is 11.3 Å². The number of hydrogen-bond donors (Lipinski definition) is 1. The molecule has 2 aromatic rings. The summed E-state index contributed by atoms with van der Waals surface area (Å²) in [6.45, 7) is 5.61. The highest BCUT2D eigenvalue weighted by atomic mass is 19.1. The first-order valence-corrected chi connectivity index (χ1v) is 10.7. The lowest BCUT2D eigenvalue weighted by molar-refractivity contribution is 0.00500. The minimum atomic E-state index is -0.522. The molecule has 4 rings (SSSR count). The topological polar surface area (TPSA) is 71.5 Å². The molecule has 0 unspecified atom stereocenters. The number of carbonyl (C=O) groups is 2. The van der Waals surface area contributed by atoms with Crippen molar-refractivity contribution >= 4 is 12.0 Å². The van der Waals surface area contributed by atoms with E-state index in [2.05, 4.69) is 10.3 Å². The number of carbonyl (C=O) groups excluding carboxylic acids is 2. The summed E-state index contributed by atoms with van der Waals surface area (Å²) in [5.74, 6) is -0.512. The van der Waals surface area contributed by atoms with Crippen LogP contribution in [-0.4, -0.2) is 45.6 Å². The largest absolute Gasteiger partial charge is 0.444 e. The molecule has 31 heavy (non-hydrogen) atoms. The maximum Gasteiger partial charge on any atom is 0.410 e. The van der Waals surface area contributed by atoms with Crippen molar-refractivity contribution in [3.05, 3.63) is 54.0 Å². The van der Waals surface area contributed by atoms with Crippen molar-refractivity contribution in [1.29, 1.82) is 0 Å². The van der Waals surface area contributed by atoms with E-state index in [1.54, 1.807) is 24.3 Å². The molecular weight excluding hydrogens is 397 g/mol. The van der Waals surface area contributed by atoms with E-state index in [0.29, 0.717) is 16.8 Å². The van der Waals surface area contributed by atoms with Crippen LogP contribution in [-0.2, 0) is 4.74 Å². The van der Waals surface area contributed by atoms with Crippen LogP contribution in [0.4, 0.5) is 9.18 Å². The average molecular weight is 426 g/mol. The van der Waals surface area contributed by atoms with Crippen molar-refractivity contribution in [1.82, 2.24) is 15.2 Å². The van der Waals surface area contributed by atoms with E-state index in [0.717, 1.165) is 25.7 Å². The molecular formula is C24H28FN3O3. The smallest absolute Gasteiger partial charge is 0.410 e. The lowest BCUT2D eigenvalue weighted by Gasteiger charge is -2.39. The number of aromatic nitrogens is 1. The molecule has 0 spiro atoms. The number of nitrogens with zero attached hydrogens (tertiary/aromatic N) is 2. The normalized spacial score (nSPS) is 22.8. The highest BCUT2D eigenvalue weighted by Crippen LogP contribution is 2.37. The van der Waals surface area contributed by atoms with Gasteiger partial charge in [-0.15, -0.1) is 0 Å². The summed E-state index contributed by atoms with van der Waals surface area (Å²) in [7, 11) is 0. The third kappa shape index (κ3) is 4.86. The Balaban J connectivity index is 1.37. The molecule has 3 atom stereocenters. The predicted octanol–water partition coefficient (Wildman–Crippen LogP) is 4.55. The molecule has 0 saturated carbocycles. The SMILES string of the molecule is CC(C)(C)OC(=O)N1[C@@H]2CC[C@H]1C[C@@H](NC(=O)c1ccc(-c3cccc(F)c3)nc1)C2. The molecule has 2 aliphatic heterocycles. The standard InChI is InChI=1S/C24H28FN3O3/c1-24(2,3)31-23(30)28-19-8-9-20(28)13-18(12-19)27-22(29)16-7-10-21(26-14-16)15-5-4-6-17(25)11-15/h4-7,10-11,14,18-20H,8-9,12-13H2,1-3H3,(H,27,29)/t18-,19+,20-. The summed E-state index contributed by atoms with van der Waals surface area (Å²) >= 11 is 0. The van der Waals surface area contributed by atoms with Gasteiger partial charge in [-0.2, -0.15) is 0 Å². The van der Waals surface area contributed by atoms with Crippen LogP contribution in [0, 0.1) is 5.82 Å².